The summed E-state index contributed by atoms with van der Waals surface area (Å²) in [5, 5.41) is -0.0132. The summed E-state index contributed by atoms with van der Waals surface area (Å²) < 4.78 is 22.8. The minimum atomic E-state index is -3.34. The van der Waals surface area contributed by atoms with Crippen molar-refractivity contribution in [3.63, 3.8) is 0 Å². The molecule has 0 radical (unpaired) electrons. The largest absolute Gasteiger partial charge is 0.337 e. The fourth-order valence-corrected chi connectivity index (χ4v) is 2.96. The van der Waals surface area contributed by atoms with Crippen LogP contribution in [-0.4, -0.2) is 67.6 Å². The SMILES string of the molecule is CN1CCN(C(=O)c2ccc(S(C)(=O)=O)nc2)CCC1(C)C. The Balaban J connectivity index is 2.15. The molecule has 2 heterocycles. The molecule has 22 heavy (non-hydrogen) atoms. The number of likely N-dealkylation sites (N-methyl/N-ethyl adjacent to an activating group) is 1. The highest BCUT2D eigenvalue weighted by atomic mass is 32.2. The second kappa shape index (κ2) is 5.96. The third-order valence-electron chi connectivity index (χ3n) is 4.38. The van der Waals surface area contributed by atoms with Crippen molar-refractivity contribution in [2.45, 2.75) is 30.8 Å². The van der Waals surface area contributed by atoms with Gasteiger partial charge in [-0.2, -0.15) is 0 Å². The first-order valence-corrected chi connectivity index (χ1v) is 9.17. The summed E-state index contributed by atoms with van der Waals surface area (Å²) in [5.74, 6) is -0.0985. The molecule has 0 aliphatic carbocycles. The van der Waals surface area contributed by atoms with Crippen LogP contribution in [0, 0.1) is 0 Å². The fraction of sp³-hybridized carbons (Fsp3) is 0.600. The average molecular weight is 325 g/mol. The zero-order valence-corrected chi connectivity index (χ0v) is 14.4. The van der Waals surface area contributed by atoms with Crippen LogP contribution in [0.1, 0.15) is 30.6 Å². The maximum atomic E-state index is 12.5. The molecule has 0 aromatic carbocycles. The van der Waals surface area contributed by atoms with Crippen molar-refractivity contribution in [2.75, 3.05) is 32.9 Å². The number of nitrogens with zero attached hydrogens (tertiary/aromatic N) is 3. The molecule has 0 saturated carbocycles. The van der Waals surface area contributed by atoms with Gasteiger partial charge in [0.1, 0.15) is 0 Å². The van der Waals surface area contributed by atoms with Crippen molar-refractivity contribution < 1.29 is 13.2 Å². The molecule has 1 fully saturated rings. The molecule has 1 aromatic rings. The summed E-state index contributed by atoms with van der Waals surface area (Å²) in [6, 6.07) is 2.92. The van der Waals surface area contributed by atoms with Crippen molar-refractivity contribution in [2.24, 2.45) is 0 Å². The number of aromatic nitrogens is 1. The van der Waals surface area contributed by atoms with Crippen LogP contribution >= 0.6 is 0 Å². The van der Waals surface area contributed by atoms with Gasteiger partial charge in [-0.05, 0) is 39.4 Å². The Labute approximate surface area is 132 Å². The number of rotatable bonds is 2. The van der Waals surface area contributed by atoms with E-state index in [1.165, 1.54) is 18.3 Å². The Morgan fingerprint density at radius 2 is 1.91 bits per heavy atom. The predicted octanol–water partition coefficient (Wildman–Crippen LogP) is 1.04. The number of carbonyl (C=O) groups is 1. The van der Waals surface area contributed by atoms with Gasteiger partial charge in [-0.1, -0.05) is 0 Å². The lowest BCUT2D eigenvalue weighted by Gasteiger charge is -2.32. The summed E-state index contributed by atoms with van der Waals surface area (Å²) in [5.41, 5.74) is 0.489. The summed E-state index contributed by atoms with van der Waals surface area (Å²) in [4.78, 5) is 20.5. The van der Waals surface area contributed by atoms with Gasteiger partial charge >= 0.3 is 0 Å². The quantitative estimate of drug-likeness (QED) is 0.812. The Morgan fingerprint density at radius 1 is 1.23 bits per heavy atom. The molecule has 1 aliphatic rings. The van der Waals surface area contributed by atoms with Crippen molar-refractivity contribution in [1.29, 1.82) is 0 Å². The van der Waals surface area contributed by atoms with Gasteiger partial charge < -0.3 is 4.90 Å². The van der Waals surface area contributed by atoms with Crippen LogP contribution in [0.25, 0.3) is 0 Å². The van der Waals surface area contributed by atoms with Crippen molar-refractivity contribution in [1.82, 2.24) is 14.8 Å². The third kappa shape index (κ3) is 3.64. The molecule has 0 bridgehead atoms. The average Bonchev–Trinajstić information content (AvgIpc) is 2.57. The Hall–Kier alpha value is -1.47. The van der Waals surface area contributed by atoms with E-state index in [1.807, 2.05) is 4.90 Å². The molecule has 122 valence electrons. The topological polar surface area (TPSA) is 70.6 Å². The Morgan fingerprint density at radius 3 is 2.45 bits per heavy atom. The Kier molecular flexibility index (Phi) is 4.58. The first kappa shape index (κ1) is 16.9. The molecule has 7 heteroatoms. The van der Waals surface area contributed by atoms with Gasteiger partial charge in [0, 0.05) is 37.6 Å². The smallest absolute Gasteiger partial charge is 0.255 e. The molecular formula is C15H23N3O3S. The minimum absolute atomic E-state index is 0.0132. The molecule has 1 saturated heterocycles. The molecule has 1 aromatic heterocycles. The van der Waals surface area contributed by atoms with Crippen LogP contribution in [0.3, 0.4) is 0 Å². The lowest BCUT2D eigenvalue weighted by molar-refractivity contribution is 0.0762. The van der Waals surface area contributed by atoms with E-state index in [-0.39, 0.29) is 16.5 Å². The second-order valence-corrected chi connectivity index (χ2v) is 8.40. The van der Waals surface area contributed by atoms with Crippen molar-refractivity contribution >= 4 is 15.7 Å². The van der Waals surface area contributed by atoms with Crippen LogP contribution in [-0.2, 0) is 9.84 Å². The van der Waals surface area contributed by atoms with E-state index >= 15 is 0 Å². The van der Waals surface area contributed by atoms with Gasteiger partial charge in [0.25, 0.3) is 5.91 Å². The number of hydrogen-bond donors (Lipinski definition) is 0. The summed E-state index contributed by atoms with van der Waals surface area (Å²) in [6.45, 7) is 6.50. The third-order valence-corrected chi connectivity index (χ3v) is 5.38. The second-order valence-electron chi connectivity index (χ2n) is 6.43. The standard InChI is InChI=1S/C15H23N3O3S/c1-15(2)7-8-18(10-9-17(15)3)14(19)12-5-6-13(16-11-12)22(4,20)21/h5-6,11H,7-10H2,1-4H3. The number of sulfone groups is 1. The van der Waals surface area contributed by atoms with Crippen molar-refractivity contribution in [3.8, 4) is 0 Å². The number of amides is 1. The molecule has 2 rings (SSSR count). The zero-order chi connectivity index (χ0) is 16.5. The van der Waals surface area contributed by atoms with Crippen LogP contribution in [0.2, 0.25) is 0 Å². The molecule has 1 amide bonds. The van der Waals surface area contributed by atoms with E-state index in [4.69, 9.17) is 0 Å². The van der Waals surface area contributed by atoms with Crippen molar-refractivity contribution in [3.05, 3.63) is 23.9 Å². The predicted molar refractivity (Wildman–Crippen MR) is 84.6 cm³/mol. The molecule has 1 aliphatic heterocycles. The van der Waals surface area contributed by atoms with E-state index < -0.39 is 9.84 Å². The summed E-state index contributed by atoms with van der Waals surface area (Å²) in [6.07, 6.45) is 3.34. The van der Waals surface area contributed by atoms with E-state index in [1.54, 1.807) is 0 Å². The van der Waals surface area contributed by atoms with Crippen LogP contribution < -0.4 is 0 Å². The first-order chi connectivity index (χ1) is 10.1. The van der Waals surface area contributed by atoms with Gasteiger partial charge in [-0.3, -0.25) is 9.69 Å². The number of carbonyl (C=O) groups excluding carboxylic acids is 1. The van der Waals surface area contributed by atoms with Gasteiger partial charge in [0.15, 0.2) is 14.9 Å². The maximum Gasteiger partial charge on any atom is 0.255 e. The molecule has 0 unspecified atom stereocenters. The lowest BCUT2D eigenvalue weighted by atomic mass is 9.99. The highest BCUT2D eigenvalue weighted by Crippen LogP contribution is 2.21. The molecule has 6 nitrogen and oxygen atoms in total. The molecular weight excluding hydrogens is 302 g/mol. The Bertz CT molecular complexity index is 653. The van der Waals surface area contributed by atoms with E-state index in [2.05, 4.69) is 30.8 Å². The maximum absolute atomic E-state index is 12.5. The van der Waals surface area contributed by atoms with E-state index in [9.17, 15) is 13.2 Å². The van der Waals surface area contributed by atoms with Gasteiger partial charge in [-0.25, -0.2) is 13.4 Å². The minimum Gasteiger partial charge on any atom is -0.337 e. The number of hydrogen-bond acceptors (Lipinski definition) is 5. The number of pyridine rings is 1. The van der Waals surface area contributed by atoms with Crippen LogP contribution in [0.15, 0.2) is 23.4 Å². The van der Waals surface area contributed by atoms with Crippen LogP contribution in [0.4, 0.5) is 0 Å². The van der Waals surface area contributed by atoms with Gasteiger partial charge in [-0.15, -0.1) is 0 Å². The highest BCUT2D eigenvalue weighted by molar-refractivity contribution is 7.90. The summed E-state index contributed by atoms with van der Waals surface area (Å²) >= 11 is 0. The highest BCUT2D eigenvalue weighted by Gasteiger charge is 2.29. The van der Waals surface area contributed by atoms with Gasteiger partial charge in [0.05, 0.1) is 5.56 Å². The van der Waals surface area contributed by atoms with Gasteiger partial charge in [0.2, 0.25) is 0 Å². The normalized spacial score (nSPS) is 19.7. The molecule has 0 N–H and O–H groups in total. The summed E-state index contributed by atoms with van der Waals surface area (Å²) in [7, 11) is -1.28. The first-order valence-electron chi connectivity index (χ1n) is 7.28. The monoisotopic (exact) mass is 325 g/mol. The van der Waals surface area contributed by atoms with E-state index in [0.29, 0.717) is 18.7 Å². The van der Waals surface area contributed by atoms with E-state index in [0.717, 1.165) is 19.2 Å². The molecule has 0 atom stereocenters. The fourth-order valence-electron chi connectivity index (χ4n) is 2.40. The molecule has 0 spiro atoms. The zero-order valence-electron chi connectivity index (χ0n) is 13.5. The lowest BCUT2D eigenvalue weighted by Crippen LogP contribution is -2.41. The van der Waals surface area contributed by atoms with Crippen LogP contribution in [0.5, 0.6) is 0 Å².